The maximum atomic E-state index is 10.4. The number of H-pyrrole nitrogens is 1. The molecule has 1 aliphatic heterocycles. The van der Waals surface area contributed by atoms with Gasteiger partial charge in [-0.2, -0.15) is 0 Å². The van der Waals surface area contributed by atoms with E-state index in [4.69, 9.17) is 14.2 Å². The number of aliphatic hydroxyl groups excluding tert-OH is 4. The van der Waals surface area contributed by atoms with Gasteiger partial charge in [0.25, 0.3) is 0 Å². The maximum Gasteiger partial charge on any atom is 0.238 e. The number of halogens is 1. The smallest absolute Gasteiger partial charge is 0.238 e. The Labute approximate surface area is 217 Å². The van der Waals surface area contributed by atoms with E-state index in [0.717, 1.165) is 26.9 Å². The molecule has 1 fully saturated rings. The molecule has 0 aliphatic carbocycles. The van der Waals surface area contributed by atoms with Crippen LogP contribution < -0.4 is 9.47 Å². The Morgan fingerprint density at radius 1 is 1.06 bits per heavy atom. The second-order valence-corrected chi connectivity index (χ2v) is 10.0. The highest BCUT2D eigenvalue weighted by Gasteiger charge is 2.45. The summed E-state index contributed by atoms with van der Waals surface area (Å²) >= 11 is 3.48. The highest BCUT2D eigenvalue weighted by molar-refractivity contribution is 9.10. The first-order valence-corrected chi connectivity index (χ1v) is 12.6. The molecule has 36 heavy (non-hydrogen) atoms. The summed E-state index contributed by atoms with van der Waals surface area (Å²) < 4.78 is 18.5. The number of hydrogen-bond acceptors (Lipinski definition) is 8. The van der Waals surface area contributed by atoms with E-state index in [-0.39, 0.29) is 11.8 Å². The van der Waals surface area contributed by atoms with Gasteiger partial charge in [-0.15, -0.1) is 5.10 Å². The van der Waals surface area contributed by atoms with Gasteiger partial charge in [0.1, 0.15) is 36.8 Å². The van der Waals surface area contributed by atoms with Crippen LogP contribution in [0.5, 0.6) is 11.6 Å². The first-order chi connectivity index (χ1) is 17.3. The van der Waals surface area contributed by atoms with Gasteiger partial charge >= 0.3 is 0 Å². The lowest BCUT2D eigenvalue weighted by molar-refractivity contribution is -0.278. The zero-order valence-electron chi connectivity index (χ0n) is 20.0. The minimum Gasteiger partial charge on any atom is -0.489 e. The lowest BCUT2D eigenvalue weighted by atomic mass is 9.98. The first-order valence-electron chi connectivity index (χ1n) is 11.8. The van der Waals surface area contributed by atoms with E-state index >= 15 is 0 Å². The second kappa shape index (κ2) is 11.7. The van der Waals surface area contributed by atoms with E-state index in [2.05, 4.69) is 26.1 Å². The molecule has 5 N–H and O–H groups in total. The molecule has 0 bridgehead atoms. The minimum atomic E-state index is -1.54. The Bertz CT molecular complexity index is 1150. The molecule has 2 aromatic carbocycles. The van der Waals surface area contributed by atoms with Crippen molar-refractivity contribution in [2.45, 2.75) is 63.5 Å². The van der Waals surface area contributed by atoms with Crippen molar-refractivity contribution >= 4 is 15.9 Å². The van der Waals surface area contributed by atoms with Gasteiger partial charge in [0.05, 0.1) is 6.61 Å². The molecule has 0 saturated carbocycles. The average molecular weight is 563 g/mol. The Balaban J connectivity index is 1.57. The van der Waals surface area contributed by atoms with E-state index in [0.29, 0.717) is 18.8 Å². The summed E-state index contributed by atoms with van der Waals surface area (Å²) in [6.07, 6.45) is -6.52. The molecule has 10 heteroatoms. The number of para-hydroxylation sites is 1. The molecule has 5 atom stereocenters. The number of aromatic nitrogens is 2. The maximum absolute atomic E-state index is 10.4. The van der Waals surface area contributed by atoms with Crippen LogP contribution in [0.2, 0.25) is 0 Å². The molecule has 3 aromatic rings. The van der Waals surface area contributed by atoms with Gasteiger partial charge in [-0.05, 0) is 35.2 Å². The predicted molar refractivity (Wildman–Crippen MR) is 135 cm³/mol. The lowest BCUT2D eigenvalue weighted by Crippen LogP contribution is -2.60. The van der Waals surface area contributed by atoms with Gasteiger partial charge in [-0.3, -0.25) is 5.10 Å². The van der Waals surface area contributed by atoms with Crippen LogP contribution in [-0.4, -0.2) is 67.9 Å². The topological polar surface area (TPSA) is 137 Å². The number of aliphatic hydroxyl groups is 4. The summed E-state index contributed by atoms with van der Waals surface area (Å²) in [5, 5.41) is 47.4. The molecule has 1 saturated heterocycles. The Hall–Kier alpha value is -2.47. The zero-order chi connectivity index (χ0) is 25.8. The normalized spacial score (nSPS) is 24.2. The van der Waals surface area contributed by atoms with Crippen molar-refractivity contribution in [3.63, 3.8) is 0 Å². The lowest BCUT2D eigenvalue weighted by Gasteiger charge is -2.39. The molecule has 9 nitrogen and oxygen atoms in total. The molecule has 1 aromatic heterocycles. The SMILES string of the molecule is CC(C)c1[nH]nc(O[C@@H]2O[C@H](CO)[C@@H](O)[C@H](O)[C@H]2O)c1Cc1ccccc1OCc1cccc(Br)c1. The fraction of sp³-hybridized carbons (Fsp3) is 0.423. The van der Waals surface area contributed by atoms with Crippen LogP contribution in [0.1, 0.15) is 42.1 Å². The highest BCUT2D eigenvalue weighted by Crippen LogP contribution is 2.33. The summed E-state index contributed by atoms with van der Waals surface area (Å²) in [5.41, 5.74) is 3.53. The quantitative estimate of drug-likeness (QED) is 0.268. The van der Waals surface area contributed by atoms with Crippen molar-refractivity contribution < 1.29 is 34.6 Å². The van der Waals surface area contributed by atoms with Gasteiger partial charge in [-0.25, -0.2) is 0 Å². The Morgan fingerprint density at radius 3 is 2.56 bits per heavy atom. The van der Waals surface area contributed by atoms with Crippen LogP contribution in [0.25, 0.3) is 0 Å². The third kappa shape index (κ3) is 5.91. The third-order valence-electron chi connectivity index (χ3n) is 6.14. The summed E-state index contributed by atoms with van der Waals surface area (Å²) in [4.78, 5) is 0. The average Bonchev–Trinajstić information content (AvgIpc) is 3.26. The van der Waals surface area contributed by atoms with Gasteiger partial charge in [0.15, 0.2) is 0 Å². The van der Waals surface area contributed by atoms with Gasteiger partial charge in [-0.1, -0.05) is 60.1 Å². The molecule has 0 unspecified atom stereocenters. The summed E-state index contributed by atoms with van der Waals surface area (Å²) in [5.74, 6) is 1.01. The van der Waals surface area contributed by atoms with Crippen LogP contribution in [-0.2, 0) is 17.8 Å². The monoisotopic (exact) mass is 562 g/mol. The molecule has 4 rings (SSSR count). The van der Waals surface area contributed by atoms with Crippen molar-refractivity contribution in [2.75, 3.05) is 6.61 Å². The van der Waals surface area contributed by atoms with Gasteiger partial charge < -0.3 is 34.6 Å². The standard InChI is InChI=1S/C26H31BrN2O7/c1-14(2)21-18(25(29-28-21)36-26-24(33)23(32)22(31)20(12-30)35-26)11-16-7-3-4-9-19(16)34-13-15-6-5-8-17(27)10-15/h3-10,14,20,22-24,26,30-33H,11-13H2,1-2H3,(H,28,29)/t20-,22-,23+,24-,26+/m1/s1. The molecular weight excluding hydrogens is 532 g/mol. The molecule has 1 aliphatic rings. The van der Waals surface area contributed by atoms with Crippen molar-refractivity contribution in [1.82, 2.24) is 10.2 Å². The van der Waals surface area contributed by atoms with E-state index in [1.807, 2.05) is 62.4 Å². The highest BCUT2D eigenvalue weighted by atomic mass is 79.9. The Morgan fingerprint density at radius 2 is 1.83 bits per heavy atom. The van der Waals surface area contributed by atoms with Crippen LogP contribution in [0.15, 0.2) is 53.0 Å². The van der Waals surface area contributed by atoms with E-state index in [9.17, 15) is 20.4 Å². The molecule has 0 radical (unpaired) electrons. The van der Waals surface area contributed by atoms with Gasteiger partial charge in [0.2, 0.25) is 12.2 Å². The van der Waals surface area contributed by atoms with Crippen molar-refractivity contribution in [1.29, 1.82) is 0 Å². The number of nitrogens with one attached hydrogen (secondary N) is 1. The predicted octanol–water partition coefficient (Wildman–Crippen LogP) is 2.64. The van der Waals surface area contributed by atoms with E-state index < -0.39 is 37.3 Å². The van der Waals surface area contributed by atoms with Crippen molar-refractivity contribution in [3.05, 3.63) is 75.4 Å². The van der Waals surface area contributed by atoms with Gasteiger partial charge in [0, 0.05) is 22.2 Å². The zero-order valence-corrected chi connectivity index (χ0v) is 21.6. The number of aromatic amines is 1. The number of rotatable bonds is 9. The summed E-state index contributed by atoms with van der Waals surface area (Å²) in [6, 6.07) is 15.6. The number of ether oxygens (including phenoxy) is 3. The minimum absolute atomic E-state index is 0.0920. The molecule has 194 valence electrons. The van der Waals surface area contributed by atoms with E-state index in [1.54, 1.807) is 0 Å². The van der Waals surface area contributed by atoms with Crippen LogP contribution >= 0.6 is 15.9 Å². The van der Waals surface area contributed by atoms with Crippen molar-refractivity contribution in [2.24, 2.45) is 0 Å². The number of nitrogens with zero attached hydrogens (tertiary/aromatic N) is 1. The van der Waals surface area contributed by atoms with Crippen LogP contribution in [0, 0.1) is 0 Å². The summed E-state index contributed by atoms with van der Waals surface area (Å²) in [6.45, 7) is 3.89. The number of benzene rings is 2. The third-order valence-corrected chi connectivity index (χ3v) is 6.63. The van der Waals surface area contributed by atoms with Crippen LogP contribution in [0.4, 0.5) is 0 Å². The van der Waals surface area contributed by atoms with E-state index in [1.165, 1.54) is 0 Å². The molecule has 0 spiro atoms. The molecular formula is C26H31BrN2O7. The summed E-state index contributed by atoms with van der Waals surface area (Å²) in [7, 11) is 0. The Kier molecular flexibility index (Phi) is 8.66. The first kappa shape index (κ1) is 26.6. The molecule has 2 heterocycles. The number of hydrogen-bond donors (Lipinski definition) is 5. The fourth-order valence-electron chi connectivity index (χ4n) is 4.15. The molecule has 0 amide bonds. The largest absolute Gasteiger partial charge is 0.489 e. The van der Waals surface area contributed by atoms with Crippen LogP contribution in [0.3, 0.4) is 0 Å². The second-order valence-electron chi connectivity index (χ2n) is 9.09. The fourth-order valence-corrected chi connectivity index (χ4v) is 4.60. The van der Waals surface area contributed by atoms with Crippen molar-refractivity contribution in [3.8, 4) is 11.6 Å².